The van der Waals surface area contributed by atoms with Gasteiger partial charge in [-0.25, -0.2) is 0 Å². The maximum Gasteiger partial charge on any atom is 0.244 e. The molecule has 0 aliphatic heterocycles. The van der Waals surface area contributed by atoms with E-state index < -0.39 is 0 Å². The number of halogens is 1. The molecule has 1 aromatic carbocycles. The van der Waals surface area contributed by atoms with E-state index in [0.717, 1.165) is 6.54 Å². The van der Waals surface area contributed by atoms with Gasteiger partial charge in [0.05, 0.1) is 6.61 Å². The predicted molar refractivity (Wildman–Crippen MR) is 71.9 cm³/mol. The standard InChI is InChI=1S/C11H17N3O2.BrH/c1-13(2)8-9-16-10-12-14(15)11-6-4-3-5-7-11;/h3-7H,8-10H2,1-2H3;1H/b14-12-;. The van der Waals surface area contributed by atoms with E-state index in [0.29, 0.717) is 17.2 Å². The lowest BCUT2D eigenvalue weighted by molar-refractivity contribution is -0.447. The van der Waals surface area contributed by atoms with Gasteiger partial charge in [-0.05, 0) is 14.1 Å². The van der Waals surface area contributed by atoms with Gasteiger partial charge in [0, 0.05) is 23.8 Å². The fourth-order valence-corrected chi connectivity index (χ4v) is 1.04. The summed E-state index contributed by atoms with van der Waals surface area (Å²) in [6.07, 6.45) is 0. The highest BCUT2D eigenvalue weighted by atomic mass is 79.9. The summed E-state index contributed by atoms with van der Waals surface area (Å²) in [5.74, 6) is 0. The Balaban J connectivity index is 0.00000256. The minimum absolute atomic E-state index is 0. The number of nitrogens with zero attached hydrogens (tertiary/aromatic N) is 3. The number of likely N-dealkylation sites (N-methyl/N-ethyl adjacent to an activating group) is 1. The van der Waals surface area contributed by atoms with Crippen molar-refractivity contribution in [2.75, 3.05) is 34.0 Å². The Morgan fingerprint density at radius 3 is 2.53 bits per heavy atom. The van der Waals surface area contributed by atoms with E-state index >= 15 is 0 Å². The second kappa shape index (κ2) is 9.09. The molecule has 5 nitrogen and oxygen atoms in total. The van der Waals surface area contributed by atoms with E-state index in [1.165, 1.54) is 0 Å². The largest absolute Gasteiger partial charge is 0.594 e. The zero-order valence-electron chi connectivity index (χ0n) is 10.1. The van der Waals surface area contributed by atoms with Gasteiger partial charge in [-0.2, -0.15) is 0 Å². The normalized spacial score (nSPS) is 11.4. The van der Waals surface area contributed by atoms with Gasteiger partial charge in [0.2, 0.25) is 12.4 Å². The molecule has 0 aliphatic carbocycles. The smallest absolute Gasteiger partial charge is 0.244 e. The van der Waals surface area contributed by atoms with Crippen LogP contribution in [0.15, 0.2) is 35.4 Å². The quantitative estimate of drug-likeness (QED) is 0.351. The number of benzene rings is 1. The highest BCUT2D eigenvalue weighted by Crippen LogP contribution is 2.09. The molecule has 1 rings (SSSR count). The first-order valence-electron chi connectivity index (χ1n) is 5.12. The van der Waals surface area contributed by atoms with Crippen molar-refractivity contribution >= 4 is 22.7 Å². The zero-order valence-corrected chi connectivity index (χ0v) is 11.8. The van der Waals surface area contributed by atoms with E-state index in [-0.39, 0.29) is 23.7 Å². The number of hydrogen-bond donors (Lipinski definition) is 0. The van der Waals surface area contributed by atoms with Gasteiger partial charge in [0.25, 0.3) is 0 Å². The van der Waals surface area contributed by atoms with E-state index in [2.05, 4.69) is 5.11 Å². The average Bonchev–Trinajstić information content (AvgIpc) is 2.29. The average molecular weight is 304 g/mol. The molecule has 1 aromatic rings. The molecule has 0 saturated heterocycles. The van der Waals surface area contributed by atoms with Gasteiger partial charge in [0.15, 0.2) is 0 Å². The van der Waals surface area contributed by atoms with Crippen molar-refractivity contribution in [3.05, 3.63) is 35.5 Å². The Kier molecular flexibility index (Phi) is 8.57. The van der Waals surface area contributed by atoms with Crippen LogP contribution < -0.4 is 0 Å². The van der Waals surface area contributed by atoms with Crippen molar-refractivity contribution in [1.29, 1.82) is 0 Å². The third kappa shape index (κ3) is 7.04. The van der Waals surface area contributed by atoms with Crippen LogP contribution in [0.5, 0.6) is 0 Å². The fraction of sp³-hybridized carbons (Fsp3) is 0.455. The summed E-state index contributed by atoms with van der Waals surface area (Å²) in [6, 6.07) is 8.85. The summed E-state index contributed by atoms with van der Waals surface area (Å²) >= 11 is 0. The molecule has 0 saturated carbocycles. The number of hydrogen-bond acceptors (Lipinski definition) is 4. The van der Waals surface area contributed by atoms with Crippen LogP contribution in [0.2, 0.25) is 0 Å². The molecule has 0 radical (unpaired) electrons. The molecule has 0 aliphatic rings. The Morgan fingerprint density at radius 1 is 1.29 bits per heavy atom. The molecule has 0 aromatic heterocycles. The zero-order chi connectivity index (χ0) is 11.8. The van der Waals surface area contributed by atoms with Crippen LogP contribution in [0.25, 0.3) is 0 Å². The van der Waals surface area contributed by atoms with Crippen LogP contribution in [-0.4, -0.2) is 43.7 Å². The summed E-state index contributed by atoms with van der Waals surface area (Å²) in [7, 11) is 3.93. The molecule has 17 heavy (non-hydrogen) atoms. The lowest BCUT2D eigenvalue weighted by Crippen LogP contribution is -2.18. The molecule has 96 valence electrons. The Hall–Kier alpha value is -0.980. The van der Waals surface area contributed by atoms with Crippen molar-refractivity contribution in [2.24, 2.45) is 5.11 Å². The van der Waals surface area contributed by atoms with Crippen LogP contribution in [0.4, 0.5) is 5.69 Å². The third-order valence-corrected chi connectivity index (χ3v) is 1.94. The van der Waals surface area contributed by atoms with Gasteiger partial charge in [-0.1, -0.05) is 23.1 Å². The van der Waals surface area contributed by atoms with Crippen molar-refractivity contribution in [1.82, 2.24) is 4.90 Å². The second-order valence-electron chi connectivity index (χ2n) is 3.59. The lowest BCUT2D eigenvalue weighted by Gasteiger charge is -2.07. The molecule has 0 N–H and O–H groups in total. The Bertz CT molecular complexity index is 331. The van der Waals surface area contributed by atoms with Crippen LogP contribution in [0, 0.1) is 5.21 Å². The number of azo groups is 1. The van der Waals surface area contributed by atoms with E-state index in [1.807, 2.05) is 25.1 Å². The van der Waals surface area contributed by atoms with Gasteiger partial charge < -0.3 is 14.8 Å². The van der Waals surface area contributed by atoms with Crippen molar-refractivity contribution in [3.8, 4) is 0 Å². The third-order valence-electron chi connectivity index (χ3n) is 1.94. The van der Waals surface area contributed by atoms with Crippen molar-refractivity contribution in [2.45, 2.75) is 0 Å². The second-order valence-corrected chi connectivity index (χ2v) is 3.59. The molecular weight excluding hydrogens is 286 g/mol. The molecule has 0 spiro atoms. The summed E-state index contributed by atoms with van der Waals surface area (Å²) in [6.45, 7) is 1.48. The molecule has 6 heteroatoms. The number of rotatable bonds is 6. The monoisotopic (exact) mass is 303 g/mol. The van der Waals surface area contributed by atoms with Crippen LogP contribution in [-0.2, 0) is 4.74 Å². The number of ether oxygens (including phenoxy) is 1. The van der Waals surface area contributed by atoms with Crippen LogP contribution >= 0.6 is 17.0 Å². The Labute approximate surface area is 112 Å². The summed E-state index contributed by atoms with van der Waals surface area (Å²) in [5.41, 5.74) is 0.513. The first-order valence-corrected chi connectivity index (χ1v) is 5.12. The first kappa shape index (κ1) is 16.0. The molecule has 0 amide bonds. The molecule has 0 fully saturated rings. The Morgan fingerprint density at radius 2 is 1.94 bits per heavy atom. The van der Waals surface area contributed by atoms with Crippen molar-refractivity contribution in [3.63, 3.8) is 0 Å². The molecule has 0 bridgehead atoms. The highest BCUT2D eigenvalue weighted by molar-refractivity contribution is 8.93. The molecular formula is C11H18BrN3O2. The van der Waals surface area contributed by atoms with Gasteiger partial charge in [-0.15, -0.1) is 17.0 Å². The summed E-state index contributed by atoms with van der Waals surface area (Å²) < 4.78 is 5.19. The maximum absolute atomic E-state index is 11.4. The minimum atomic E-state index is 0. The summed E-state index contributed by atoms with van der Waals surface area (Å²) in [5, 5.41) is 15.1. The summed E-state index contributed by atoms with van der Waals surface area (Å²) in [4.78, 5) is 2.59. The van der Waals surface area contributed by atoms with Gasteiger partial charge >= 0.3 is 0 Å². The fourth-order valence-electron chi connectivity index (χ4n) is 1.04. The number of para-hydroxylation sites is 1. The highest BCUT2D eigenvalue weighted by Gasteiger charge is 2.00. The maximum atomic E-state index is 11.4. The molecule has 0 unspecified atom stereocenters. The van der Waals surface area contributed by atoms with Crippen molar-refractivity contribution < 1.29 is 9.60 Å². The molecule has 0 atom stereocenters. The van der Waals surface area contributed by atoms with Crippen LogP contribution in [0.1, 0.15) is 0 Å². The van der Waals surface area contributed by atoms with E-state index in [9.17, 15) is 5.21 Å². The molecule has 0 heterocycles. The SMILES string of the molecule is Br.CN(C)CCOC/N=[N+](\[O-])c1ccccc1. The van der Waals surface area contributed by atoms with Gasteiger partial charge in [0.1, 0.15) is 0 Å². The van der Waals surface area contributed by atoms with E-state index in [1.54, 1.807) is 24.3 Å². The topological polar surface area (TPSA) is 50.9 Å². The van der Waals surface area contributed by atoms with E-state index in [4.69, 9.17) is 4.74 Å². The lowest BCUT2D eigenvalue weighted by atomic mass is 10.3. The van der Waals surface area contributed by atoms with Crippen LogP contribution in [0.3, 0.4) is 0 Å². The van der Waals surface area contributed by atoms with Gasteiger partial charge in [-0.3, -0.25) is 0 Å². The first-order chi connectivity index (χ1) is 7.70. The minimum Gasteiger partial charge on any atom is -0.594 e. The predicted octanol–water partition coefficient (Wildman–Crippen LogP) is 2.39.